The van der Waals surface area contributed by atoms with Crippen LogP contribution in [0.5, 0.6) is 0 Å². The van der Waals surface area contributed by atoms with E-state index < -0.39 is 132 Å². The molecule has 0 spiro atoms. The van der Waals surface area contributed by atoms with Gasteiger partial charge in [0.2, 0.25) is 11.7 Å². The van der Waals surface area contributed by atoms with Gasteiger partial charge >= 0.3 is 30.0 Å². The van der Waals surface area contributed by atoms with Crippen molar-refractivity contribution in [2.24, 2.45) is 17.8 Å². The number of nitrogens with one attached hydrogen (secondary N) is 1. The summed E-state index contributed by atoms with van der Waals surface area (Å²) in [7, 11) is 7.05. The second kappa shape index (κ2) is 31.9. The van der Waals surface area contributed by atoms with Crippen LogP contribution in [0.3, 0.4) is 0 Å². The molecule has 1 aromatic heterocycles. The van der Waals surface area contributed by atoms with Crippen LogP contribution in [0, 0.1) is 17.8 Å². The van der Waals surface area contributed by atoms with Gasteiger partial charge in [0.25, 0.3) is 0 Å². The third-order valence-electron chi connectivity index (χ3n) is 18.0. The number of fused-ring (bicyclic) bond motifs is 1. The molecule has 3 saturated heterocycles. The van der Waals surface area contributed by atoms with Gasteiger partial charge in [-0.2, -0.15) is 0 Å². The summed E-state index contributed by atoms with van der Waals surface area (Å²) in [5.74, 6) is -5.14. The summed E-state index contributed by atoms with van der Waals surface area (Å²) >= 11 is 6.74. The van der Waals surface area contributed by atoms with Gasteiger partial charge in [0.1, 0.15) is 29.0 Å². The highest BCUT2D eigenvalue weighted by Crippen LogP contribution is 2.43. The second-order valence-electron chi connectivity index (χ2n) is 25.9. The number of aliphatic hydroxyl groups is 3. The topological polar surface area (TPSA) is 297 Å². The maximum atomic E-state index is 14.8. The van der Waals surface area contributed by atoms with E-state index >= 15 is 0 Å². The van der Waals surface area contributed by atoms with Crippen LogP contribution in [-0.4, -0.2) is 217 Å². The van der Waals surface area contributed by atoms with E-state index in [4.69, 9.17) is 68.4 Å². The van der Waals surface area contributed by atoms with Gasteiger partial charge in [-0.05, 0) is 127 Å². The zero-order valence-corrected chi connectivity index (χ0v) is 56.4. The molecule has 4 aliphatic rings. The second-order valence-corrected chi connectivity index (χ2v) is 26.3. The van der Waals surface area contributed by atoms with Crippen molar-refractivity contribution in [3.8, 4) is 0 Å². The molecule has 1 aromatic carbocycles. The number of esters is 4. The Balaban J connectivity index is 1.18. The van der Waals surface area contributed by atoms with Crippen molar-refractivity contribution in [1.29, 1.82) is 0 Å². The maximum absolute atomic E-state index is 14.8. The number of aromatic nitrogens is 1. The van der Waals surface area contributed by atoms with Crippen molar-refractivity contribution >= 4 is 58.2 Å². The van der Waals surface area contributed by atoms with E-state index in [2.05, 4.69) is 5.32 Å². The molecule has 4 heterocycles. The molecule has 3 aliphatic heterocycles. The molecule has 4 fully saturated rings. The summed E-state index contributed by atoms with van der Waals surface area (Å²) in [6.07, 6.45) is -8.90. The molecule has 2 aromatic rings. The molecule has 0 amide bonds. The molecule has 6 rings (SSSR count). The standard InChI is InChI=1S/C64H101ClN4O21/c1-18-48-64(13,78)55(73)38(8)68(16)32-34(4)30-62(11,77)56(90-60-54(87-49(70)19-2)47(67(14)15)27-35(5)82-60)36(6)53(37(7)58(74)86-48)89-51-31-63(12,79-17)57(39(9)83-51)88-50(71)23-25-80-26-24-66-45-28-42-46(29-44(45)65)69(41-21-22-41)33-43(52(42)72)59(75)84-40(10)85-61(76)81-20-3/h28-29,33-41,47-48,51,53-57,60,66,73,77-78H,18-27,30-32H2,1-17H3/t34-,35-,36+,37-,38-,39+,40?,47+,48-,51?,53+,54-,55-,56-,57+,60?,62-,63+,64-/m1/s1. The minimum Gasteiger partial charge on any atom is -0.459 e. The monoisotopic (exact) mass is 1300 g/mol. The number of aliphatic hydroxyl groups excluding tert-OH is 1. The third kappa shape index (κ3) is 18.3. The zero-order valence-electron chi connectivity index (χ0n) is 55.6. The van der Waals surface area contributed by atoms with E-state index in [1.54, 1.807) is 74.4 Å². The number of anilines is 1. The Bertz CT molecular complexity index is 2820. The van der Waals surface area contributed by atoms with Crippen molar-refractivity contribution in [1.82, 2.24) is 14.4 Å². The van der Waals surface area contributed by atoms with Gasteiger partial charge in [-0.15, -0.1) is 0 Å². The number of carbonyl (C=O) groups excluding carboxylic acids is 5. The fraction of sp³-hybridized carbons (Fsp3) is 0.781. The summed E-state index contributed by atoms with van der Waals surface area (Å²) in [4.78, 5) is 84.2. The number of ether oxygens (including phenoxy) is 12. The fourth-order valence-electron chi connectivity index (χ4n) is 12.8. The highest BCUT2D eigenvalue weighted by atomic mass is 35.5. The van der Waals surface area contributed by atoms with Crippen LogP contribution in [-0.2, 0) is 71.2 Å². The smallest absolute Gasteiger partial charge is 0.459 e. The Morgan fingerprint density at radius 3 is 2.21 bits per heavy atom. The lowest BCUT2D eigenvalue weighted by molar-refractivity contribution is -0.319. The average Bonchev–Trinajstić information content (AvgIpc) is 1.33. The number of nitrogens with zero attached hydrogens (tertiary/aromatic N) is 3. The van der Waals surface area contributed by atoms with E-state index in [9.17, 15) is 44.1 Å². The van der Waals surface area contributed by atoms with Gasteiger partial charge in [0, 0.05) is 69.5 Å². The Morgan fingerprint density at radius 1 is 0.900 bits per heavy atom. The van der Waals surface area contributed by atoms with Crippen LogP contribution in [0.25, 0.3) is 10.9 Å². The average molecular weight is 1300 g/mol. The van der Waals surface area contributed by atoms with Crippen LogP contribution in [0.4, 0.5) is 10.5 Å². The molecule has 1 aliphatic carbocycles. The molecule has 26 heteroatoms. The van der Waals surface area contributed by atoms with E-state index in [1.165, 1.54) is 27.2 Å². The Kier molecular flexibility index (Phi) is 26.3. The maximum Gasteiger partial charge on any atom is 0.511 e. The van der Waals surface area contributed by atoms with Crippen molar-refractivity contribution in [2.45, 2.75) is 244 Å². The molecule has 19 atom stereocenters. The number of halogens is 1. The molecule has 4 N–H and O–H groups in total. The van der Waals surface area contributed by atoms with Gasteiger partial charge in [0.15, 0.2) is 24.8 Å². The number of cyclic esters (lactones) is 1. The predicted octanol–water partition coefficient (Wildman–Crippen LogP) is 6.91. The minimum absolute atomic E-state index is 0.0220. The zero-order chi connectivity index (χ0) is 66.9. The molecular formula is C64H101ClN4O21. The van der Waals surface area contributed by atoms with Gasteiger partial charge in [-0.3, -0.25) is 19.2 Å². The number of rotatable bonds is 22. The van der Waals surface area contributed by atoms with E-state index in [0.29, 0.717) is 29.2 Å². The number of pyridine rings is 1. The summed E-state index contributed by atoms with van der Waals surface area (Å²) in [5, 5.41) is 40.5. The Hall–Kier alpha value is -4.77. The molecule has 510 valence electrons. The Morgan fingerprint density at radius 2 is 1.59 bits per heavy atom. The molecule has 0 bridgehead atoms. The van der Waals surface area contributed by atoms with Crippen molar-refractivity contribution in [3.63, 3.8) is 0 Å². The van der Waals surface area contributed by atoms with Crippen LogP contribution in [0.1, 0.15) is 158 Å². The summed E-state index contributed by atoms with van der Waals surface area (Å²) < 4.78 is 74.2. The van der Waals surface area contributed by atoms with Crippen molar-refractivity contribution in [2.75, 3.05) is 66.5 Å². The number of carbonyl (C=O) groups is 5. The third-order valence-corrected chi connectivity index (χ3v) is 18.4. The molecule has 1 saturated carbocycles. The van der Waals surface area contributed by atoms with Crippen molar-refractivity contribution in [3.05, 3.63) is 39.1 Å². The molecule has 25 nitrogen and oxygen atoms in total. The normalized spacial score (nSPS) is 34.5. The van der Waals surface area contributed by atoms with Crippen LogP contribution >= 0.6 is 11.6 Å². The van der Waals surface area contributed by atoms with Crippen LogP contribution < -0.4 is 10.7 Å². The first-order valence-electron chi connectivity index (χ1n) is 31.7. The SMILES string of the molecule is CCOC(=O)OC(C)OC(=O)c1cn(C2CC2)c2cc(Cl)c(NCCOCCC(=O)O[C@H]3[C@H](C)OC(O[C@H]4[C@H](C)[C@@H](OC5O[C@H](C)C[C@H](N(C)C)[C@H]5OC(=O)CC)[C@](C)(O)C[C@@H](C)CN(C)[C@H](C)[C@@H](O)[C@](C)(O)[C@@H](CC)OC(=O)[C@@H]4C)C[C@]3(C)OC)cc2c1=O. The van der Waals surface area contributed by atoms with Gasteiger partial charge < -0.3 is 91.8 Å². The lowest BCUT2D eigenvalue weighted by Gasteiger charge is -2.49. The highest BCUT2D eigenvalue weighted by Gasteiger charge is 2.54. The first-order chi connectivity index (χ1) is 42.2. The quantitative estimate of drug-likeness (QED) is 0.0403. The van der Waals surface area contributed by atoms with Crippen molar-refractivity contribution < 1.29 is 96.1 Å². The largest absolute Gasteiger partial charge is 0.511 e. The summed E-state index contributed by atoms with van der Waals surface area (Å²) in [5.41, 5.74) is -4.78. The first kappa shape index (κ1) is 74.3. The number of likely N-dealkylation sites (N-methyl/N-ethyl adjacent to an activating group) is 2. The van der Waals surface area contributed by atoms with E-state index in [-0.39, 0.29) is 93.5 Å². The van der Waals surface area contributed by atoms with Gasteiger partial charge in [-0.1, -0.05) is 39.3 Å². The first-order valence-corrected chi connectivity index (χ1v) is 32.1. The molecule has 90 heavy (non-hydrogen) atoms. The Labute approximate surface area is 534 Å². The minimum atomic E-state index is -1.90. The lowest BCUT2D eigenvalue weighted by Crippen LogP contribution is -2.61. The summed E-state index contributed by atoms with van der Waals surface area (Å²) in [6.45, 7) is 22.7. The van der Waals surface area contributed by atoms with Gasteiger partial charge in [0.05, 0.1) is 84.4 Å². The fourth-order valence-corrected chi connectivity index (χ4v) is 13.1. The predicted molar refractivity (Wildman–Crippen MR) is 331 cm³/mol. The molecule has 3 unspecified atom stereocenters. The van der Waals surface area contributed by atoms with Gasteiger partial charge in [-0.25, -0.2) is 9.59 Å². The van der Waals surface area contributed by atoms with Crippen LogP contribution in [0.15, 0.2) is 23.1 Å². The molecule has 0 radical (unpaired) electrons. The number of hydrogen-bond acceptors (Lipinski definition) is 24. The highest BCUT2D eigenvalue weighted by molar-refractivity contribution is 6.34. The number of benzene rings is 1. The number of methoxy groups -OCH3 is 1. The lowest BCUT2D eigenvalue weighted by atomic mass is 9.77. The molecular weight excluding hydrogens is 1200 g/mol. The van der Waals surface area contributed by atoms with E-state index in [0.717, 1.165) is 12.8 Å². The number of hydrogen-bond donors (Lipinski definition) is 4. The summed E-state index contributed by atoms with van der Waals surface area (Å²) in [6, 6.07) is 2.27. The van der Waals surface area contributed by atoms with E-state index in [1.807, 2.05) is 49.4 Å². The van der Waals surface area contributed by atoms with Crippen LogP contribution in [0.2, 0.25) is 5.02 Å².